The molecule has 34 heavy (non-hydrogen) atoms. The fourth-order valence-electron chi connectivity index (χ4n) is 8.95. The van der Waals surface area contributed by atoms with Gasteiger partial charge in [0.2, 0.25) is 5.91 Å². The first-order valence-electron chi connectivity index (χ1n) is 13.8. The molecule has 8 atom stereocenters. The molecule has 2 heterocycles. The average molecular weight is 466 g/mol. The molecule has 1 aromatic rings. The van der Waals surface area contributed by atoms with Gasteiger partial charge in [-0.05, 0) is 75.0 Å². The quantitative estimate of drug-likeness (QED) is 0.667. The first-order valence-corrected chi connectivity index (χ1v) is 13.8. The maximum absolute atomic E-state index is 13.1. The fraction of sp³-hybridized carbons (Fsp3) is 0.885. The summed E-state index contributed by atoms with van der Waals surface area (Å²) >= 11 is 0. The van der Waals surface area contributed by atoms with Crippen molar-refractivity contribution < 1.29 is 4.79 Å². The number of amides is 1. The van der Waals surface area contributed by atoms with Crippen LogP contribution in [0.1, 0.15) is 89.8 Å². The van der Waals surface area contributed by atoms with Crippen LogP contribution in [-0.4, -0.2) is 56.1 Å². The zero-order valence-corrected chi connectivity index (χ0v) is 20.5. The van der Waals surface area contributed by atoms with Gasteiger partial charge in [-0.15, -0.1) is 10.2 Å². The number of carbonyl (C=O) groups excluding carboxylic acids is 1. The number of fused-ring (bicyclic) bond motifs is 3. The van der Waals surface area contributed by atoms with Crippen LogP contribution in [0.2, 0.25) is 0 Å². The predicted octanol–water partition coefficient (Wildman–Crippen LogP) is 3.34. The lowest BCUT2D eigenvalue weighted by Crippen LogP contribution is -2.57. The summed E-state index contributed by atoms with van der Waals surface area (Å²) in [7, 11) is 0. The molecule has 8 nitrogen and oxygen atoms in total. The third-order valence-corrected chi connectivity index (χ3v) is 10.3. The van der Waals surface area contributed by atoms with E-state index in [1.54, 1.807) is 0 Å². The number of H-pyrrole nitrogens is 1. The molecular weight excluding hydrogens is 426 g/mol. The standard InChI is InChI=1S/C26H39N7O/c1-16(28-15-24(34)33-20(14-27)11-19-12-23(19)33)13-26(25-29-31-32-30-25)21-8-4-2-6-17(21)10-18-7-3-5-9-22(18)26/h16-23,28H,2-13,15H2,1H3,(H,29,30,31,32)/t16-,17?,18?,19-,20?,21?,22?,23+,26?/m1/s1. The number of aromatic amines is 1. The molecule has 5 unspecified atom stereocenters. The largest absolute Gasteiger partial charge is 0.322 e. The molecule has 0 radical (unpaired) electrons. The molecule has 2 N–H and O–H groups in total. The number of hydrogen-bond donors (Lipinski definition) is 2. The van der Waals surface area contributed by atoms with Crippen LogP contribution in [0.5, 0.6) is 0 Å². The second-order valence-corrected chi connectivity index (χ2v) is 12.0. The van der Waals surface area contributed by atoms with Crippen LogP contribution in [0.3, 0.4) is 0 Å². The van der Waals surface area contributed by atoms with E-state index in [0.717, 1.165) is 36.9 Å². The summed E-state index contributed by atoms with van der Waals surface area (Å²) in [5.74, 6) is 4.29. The van der Waals surface area contributed by atoms with Gasteiger partial charge in [-0.2, -0.15) is 10.5 Å². The third-order valence-electron chi connectivity index (χ3n) is 10.3. The molecule has 4 saturated carbocycles. The smallest absolute Gasteiger partial charge is 0.237 e. The minimum Gasteiger partial charge on any atom is -0.322 e. The van der Waals surface area contributed by atoms with Crippen LogP contribution in [0.4, 0.5) is 0 Å². The van der Waals surface area contributed by atoms with E-state index in [-0.39, 0.29) is 23.4 Å². The van der Waals surface area contributed by atoms with E-state index < -0.39 is 0 Å². The zero-order chi connectivity index (χ0) is 23.3. The first kappa shape index (κ1) is 22.5. The molecule has 5 aliphatic rings. The fourth-order valence-corrected chi connectivity index (χ4v) is 8.95. The highest BCUT2D eigenvalue weighted by atomic mass is 16.2. The Hall–Kier alpha value is -2.01. The monoisotopic (exact) mass is 465 g/mol. The number of nitrogens with one attached hydrogen (secondary N) is 2. The molecule has 0 bridgehead atoms. The molecule has 1 amide bonds. The SMILES string of the molecule is C[C@H](CC1(c2nn[nH]n2)C2CCCCC2CC2CCCCC21)NCC(=O)N1C(C#N)C[C@@H]2C[C@@H]21. The lowest BCUT2D eigenvalue weighted by atomic mass is 9.46. The number of aromatic nitrogens is 4. The molecule has 5 fully saturated rings. The summed E-state index contributed by atoms with van der Waals surface area (Å²) in [6, 6.07) is 2.59. The number of carbonyl (C=O) groups is 1. The van der Waals surface area contributed by atoms with Crippen molar-refractivity contribution in [2.75, 3.05) is 6.54 Å². The zero-order valence-electron chi connectivity index (χ0n) is 20.5. The van der Waals surface area contributed by atoms with Gasteiger partial charge in [-0.25, -0.2) is 0 Å². The highest BCUT2D eigenvalue weighted by molar-refractivity contribution is 5.80. The predicted molar refractivity (Wildman–Crippen MR) is 126 cm³/mol. The summed E-state index contributed by atoms with van der Waals surface area (Å²) < 4.78 is 0. The van der Waals surface area contributed by atoms with E-state index in [9.17, 15) is 10.1 Å². The minimum atomic E-state index is -0.233. The number of nitrogens with zero attached hydrogens (tertiary/aromatic N) is 5. The number of likely N-dealkylation sites (tertiary alicyclic amines) is 1. The molecule has 0 aromatic carbocycles. The number of tetrazole rings is 1. The molecule has 4 aliphatic carbocycles. The second-order valence-electron chi connectivity index (χ2n) is 12.0. The summed E-state index contributed by atoms with van der Waals surface area (Å²) in [6.07, 6.45) is 14.7. The van der Waals surface area contributed by atoms with E-state index in [4.69, 9.17) is 0 Å². The Morgan fingerprint density at radius 2 is 1.82 bits per heavy atom. The molecule has 0 spiro atoms. The van der Waals surface area contributed by atoms with Gasteiger partial charge >= 0.3 is 0 Å². The third kappa shape index (κ3) is 3.66. The molecule has 1 saturated heterocycles. The van der Waals surface area contributed by atoms with E-state index in [2.05, 4.69) is 38.9 Å². The van der Waals surface area contributed by atoms with Crippen molar-refractivity contribution in [3.63, 3.8) is 0 Å². The van der Waals surface area contributed by atoms with Crippen molar-refractivity contribution in [2.24, 2.45) is 29.6 Å². The Morgan fingerprint density at radius 1 is 1.12 bits per heavy atom. The Kier molecular flexibility index (Phi) is 5.87. The molecule has 8 heteroatoms. The van der Waals surface area contributed by atoms with E-state index in [1.165, 1.54) is 57.8 Å². The Balaban J connectivity index is 1.23. The van der Waals surface area contributed by atoms with Gasteiger partial charge in [0.05, 0.1) is 12.6 Å². The van der Waals surface area contributed by atoms with Gasteiger partial charge in [-0.3, -0.25) is 4.79 Å². The Bertz CT molecular complexity index is 904. The molecule has 1 aliphatic heterocycles. The maximum atomic E-state index is 13.1. The van der Waals surface area contributed by atoms with Crippen LogP contribution in [-0.2, 0) is 10.2 Å². The second kappa shape index (κ2) is 8.89. The van der Waals surface area contributed by atoms with Crippen molar-refractivity contribution in [1.29, 1.82) is 5.26 Å². The van der Waals surface area contributed by atoms with Gasteiger partial charge in [0, 0.05) is 17.5 Å². The maximum Gasteiger partial charge on any atom is 0.237 e. The molecule has 1 aromatic heterocycles. The van der Waals surface area contributed by atoms with E-state index in [1.807, 2.05) is 4.90 Å². The summed E-state index contributed by atoms with van der Waals surface area (Å²) in [6.45, 7) is 2.54. The van der Waals surface area contributed by atoms with Crippen molar-refractivity contribution in [3.05, 3.63) is 5.82 Å². The van der Waals surface area contributed by atoms with Crippen LogP contribution in [0, 0.1) is 40.9 Å². The Labute approximate surface area is 202 Å². The van der Waals surface area contributed by atoms with Crippen molar-refractivity contribution in [3.8, 4) is 6.07 Å². The van der Waals surface area contributed by atoms with Crippen LogP contribution < -0.4 is 5.32 Å². The van der Waals surface area contributed by atoms with Crippen molar-refractivity contribution >= 4 is 5.91 Å². The van der Waals surface area contributed by atoms with Crippen molar-refractivity contribution in [2.45, 2.75) is 108 Å². The Morgan fingerprint density at radius 3 is 2.47 bits per heavy atom. The number of nitriles is 1. The van der Waals surface area contributed by atoms with Gasteiger partial charge < -0.3 is 10.2 Å². The highest BCUT2D eigenvalue weighted by Crippen LogP contribution is 2.61. The summed E-state index contributed by atoms with van der Waals surface area (Å²) in [5.41, 5.74) is -0.0681. The average Bonchev–Trinajstić information content (AvgIpc) is 3.24. The molecule has 184 valence electrons. The highest BCUT2D eigenvalue weighted by Gasteiger charge is 2.59. The van der Waals surface area contributed by atoms with Gasteiger partial charge in [0.1, 0.15) is 6.04 Å². The van der Waals surface area contributed by atoms with E-state index >= 15 is 0 Å². The van der Waals surface area contributed by atoms with Crippen LogP contribution >= 0.6 is 0 Å². The van der Waals surface area contributed by atoms with Gasteiger partial charge in [0.15, 0.2) is 5.82 Å². The lowest BCUT2D eigenvalue weighted by molar-refractivity contribution is -0.131. The molecule has 6 rings (SSSR count). The van der Waals surface area contributed by atoms with E-state index in [0.29, 0.717) is 30.3 Å². The number of hydrogen-bond acceptors (Lipinski definition) is 6. The lowest BCUT2D eigenvalue weighted by Gasteiger charge is -2.58. The molecular formula is C26H39N7O. The van der Waals surface area contributed by atoms with Crippen LogP contribution in [0.15, 0.2) is 0 Å². The normalized spacial score (nSPS) is 41.6. The van der Waals surface area contributed by atoms with Crippen LogP contribution in [0.25, 0.3) is 0 Å². The van der Waals surface area contributed by atoms with Gasteiger partial charge in [-0.1, -0.05) is 43.7 Å². The first-order chi connectivity index (χ1) is 16.6. The summed E-state index contributed by atoms with van der Waals surface area (Å²) in [4.78, 5) is 15.0. The van der Waals surface area contributed by atoms with Crippen molar-refractivity contribution in [1.82, 2.24) is 30.8 Å². The number of rotatable bonds is 6. The van der Waals surface area contributed by atoms with Gasteiger partial charge in [0.25, 0.3) is 0 Å². The topological polar surface area (TPSA) is 111 Å². The summed E-state index contributed by atoms with van der Waals surface area (Å²) in [5, 5.41) is 29.2. The number of piperidine rings is 1. The minimum absolute atomic E-state index is 0.0681.